The first kappa shape index (κ1) is 17.4. The molecule has 2 aromatic rings. The molecule has 0 saturated carbocycles. The Hall–Kier alpha value is -1.93. The highest BCUT2D eigenvalue weighted by Crippen LogP contribution is 2.25. The SMILES string of the molecule is CCc1nnc(SCC(=O)c2cc([N+](=O)[O-])ccc2Cl)n1CC. The molecule has 2 rings (SSSR count). The number of carbonyl (C=O) groups excluding carboxylic acids is 1. The lowest BCUT2D eigenvalue weighted by Gasteiger charge is -2.06. The monoisotopic (exact) mass is 354 g/mol. The molecule has 0 unspecified atom stereocenters. The third-order valence-electron chi connectivity index (χ3n) is 3.22. The fraction of sp³-hybridized carbons (Fsp3) is 0.357. The molecule has 0 aliphatic heterocycles. The molecule has 1 aromatic heterocycles. The van der Waals surface area contributed by atoms with Crippen LogP contribution in [0.3, 0.4) is 0 Å². The topological polar surface area (TPSA) is 90.9 Å². The number of rotatable bonds is 7. The van der Waals surface area contributed by atoms with Gasteiger partial charge in [0.1, 0.15) is 5.82 Å². The van der Waals surface area contributed by atoms with Crippen molar-refractivity contribution < 1.29 is 9.72 Å². The first-order valence-electron chi connectivity index (χ1n) is 6.99. The molecule has 1 heterocycles. The number of aromatic nitrogens is 3. The van der Waals surface area contributed by atoms with Crippen molar-refractivity contribution in [3.05, 3.63) is 44.7 Å². The Bertz CT molecular complexity index is 748. The zero-order chi connectivity index (χ0) is 17.0. The zero-order valence-corrected chi connectivity index (χ0v) is 14.2. The largest absolute Gasteiger partial charge is 0.306 e. The molecule has 0 aliphatic rings. The summed E-state index contributed by atoms with van der Waals surface area (Å²) in [5, 5.41) is 19.8. The van der Waals surface area contributed by atoms with Crippen molar-refractivity contribution in [3.8, 4) is 0 Å². The molecule has 7 nitrogen and oxygen atoms in total. The maximum Gasteiger partial charge on any atom is 0.270 e. The van der Waals surface area contributed by atoms with Gasteiger partial charge in [0, 0.05) is 30.7 Å². The molecule has 0 spiro atoms. The van der Waals surface area contributed by atoms with Crippen LogP contribution in [0.5, 0.6) is 0 Å². The summed E-state index contributed by atoms with van der Waals surface area (Å²) in [7, 11) is 0. The van der Waals surface area contributed by atoms with E-state index in [2.05, 4.69) is 10.2 Å². The van der Waals surface area contributed by atoms with Crippen molar-refractivity contribution in [3.63, 3.8) is 0 Å². The number of benzene rings is 1. The molecule has 23 heavy (non-hydrogen) atoms. The first-order valence-corrected chi connectivity index (χ1v) is 8.36. The Morgan fingerprint density at radius 1 is 1.39 bits per heavy atom. The number of non-ortho nitro benzene ring substituents is 1. The summed E-state index contributed by atoms with van der Waals surface area (Å²) in [6.07, 6.45) is 0.756. The molecule has 0 fully saturated rings. The highest BCUT2D eigenvalue weighted by atomic mass is 35.5. The van der Waals surface area contributed by atoms with Gasteiger partial charge < -0.3 is 4.57 Å². The number of hydrogen-bond acceptors (Lipinski definition) is 6. The minimum Gasteiger partial charge on any atom is -0.306 e. The highest BCUT2D eigenvalue weighted by Gasteiger charge is 2.18. The van der Waals surface area contributed by atoms with E-state index in [1.165, 1.54) is 30.0 Å². The van der Waals surface area contributed by atoms with Crippen LogP contribution in [0.15, 0.2) is 23.4 Å². The number of ketones is 1. The number of Topliss-reactive ketones (excluding diaryl/α,β-unsaturated/α-hetero) is 1. The Morgan fingerprint density at radius 2 is 2.13 bits per heavy atom. The fourth-order valence-corrected chi connectivity index (χ4v) is 3.18. The van der Waals surface area contributed by atoms with Crippen LogP contribution in [0.25, 0.3) is 0 Å². The van der Waals surface area contributed by atoms with Crippen LogP contribution in [0.2, 0.25) is 5.02 Å². The molecular weight excluding hydrogens is 340 g/mol. The van der Waals surface area contributed by atoms with Gasteiger partial charge in [-0.1, -0.05) is 30.3 Å². The van der Waals surface area contributed by atoms with Crippen LogP contribution in [-0.2, 0) is 13.0 Å². The summed E-state index contributed by atoms with van der Waals surface area (Å²) < 4.78 is 1.94. The van der Waals surface area contributed by atoms with Crippen LogP contribution < -0.4 is 0 Å². The van der Waals surface area contributed by atoms with E-state index < -0.39 is 4.92 Å². The smallest absolute Gasteiger partial charge is 0.270 e. The van der Waals surface area contributed by atoms with Gasteiger partial charge >= 0.3 is 0 Å². The van der Waals surface area contributed by atoms with E-state index in [4.69, 9.17) is 11.6 Å². The number of aryl methyl sites for hydroxylation is 1. The predicted molar refractivity (Wildman–Crippen MR) is 88.2 cm³/mol. The lowest BCUT2D eigenvalue weighted by molar-refractivity contribution is -0.384. The third-order valence-corrected chi connectivity index (χ3v) is 4.52. The van der Waals surface area contributed by atoms with E-state index in [1.54, 1.807) is 0 Å². The molecule has 0 aliphatic carbocycles. The summed E-state index contributed by atoms with van der Waals surface area (Å²) in [6.45, 7) is 4.68. The number of nitro benzene ring substituents is 1. The first-order chi connectivity index (χ1) is 11.0. The second kappa shape index (κ2) is 7.56. The van der Waals surface area contributed by atoms with E-state index in [-0.39, 0.29) is 27.8 Å². The van der Waals surface area contributed by atoms with Crippen molar-refractivity contribution in [2.24, 2.45) is 0 Å². The van der Waals surface area contributed by atoms with Crippen molar-refractivity contribution in [2.45, 2.75) is 32.0 Å². The molecule has 1 aromatic carbocycles. The van der Waals surface area contributed by atoms with Gasteiger partial charge in [-0.2, -0.15) is 0 Å². The van der Waals surface area contributed by atoms with Crippen molar-refractivity contribution >= 4 is 34.8 Å². The molecule has 9 heteroatoms. The van der Waals surface area contributed by atoms with Crippen LogP contribution in [0.1, 0.15) is 30.0 Å². The van der Waals surface area contributed by atoms with Gasteiger partial charge in [0.15, 0.2) is 10.9 Å². The Morgan fingerprint density at radius 3 is 2.74 bits per heavy atom. The molecule has 0 saturated heterocycles. The average molecular weight is 355 g/mol. The maximum absolute atomic E-state index is 12.3. The fourth-order valence-electron chi connectivity index (χ4n) is 2.05. The molecule has 0 bridgehead atoms. The summed E-state index contributed by atoms with van der Waals surface area (Å²) in [5.41, 5.74) is -0.0145. The van der Waals surface area contributed by atoms with Gasteiger partial charge in [0.2, 0.25) is 0 Å². The predicted octanol–water partition coefficient (Wildman–Crippen LogP) is 3.40. The van der Waals surface area contributed by atoms with Crippen molar-refractivity contribution in [1.82, 2.24) is 14.8 Å². The molecule has 122 valence electrons. The van der Waals surface area contributed by atoms with Gasteiger partial charge in [0.05, 0.1) is 15.7 Å². The highest BCUT2D eigenvalue weighted by molar-refractivity contribution is 7.99. The van der Waals surface area contributed by atoms with E-state index in [1.807, 2.05) is 18.4 Å². The maximum atomic E-state index is 12.3. The zero-order valence-electron chi connectivity index (χ0n) is 12.7. The minimum absolute atomic E-state index is 0.0860. The van der Waals surface area contributed by atoms with Gasteiger partial charge in [-0.15, -0.1) is 10.2 Å². The van der Waals surface area contributed by atoms with Crippen LogP contribution in [0.4, 0.5) is 5.69 Å². The molecule has 0 amide bonds. The molecule has 0 radical (unpaired) electrons. The Kier molecular flexibility index (Phi) is 5.73. The summed E-state index contributed by atoms with van der Waals surface area (Å²) >= 11 is 7.22. The summed E-state index contributed by atoms with van der Waals surface area (Å²) in [4.78, 5) is 22.6. The Labute approximate surface area is 142 Å². The van der Waals surface area contributed by atoms with E-state index in [0.29, 0.717) is 11.7 Å². The summed E-state index contributed by atoms with van der Waals surface area (Å²) in [6, 6.07) is 3.84. The lowest BCUT2D eigenvalue weighted by atomic mass is 10.1. The normalized spacial score (nSPS) is 10.7. The molecular formula is C14H15ClN4O3S. The van der Waals surface area contributed by atoms with Gasteiger partial charge in [-0.05, 0) is 13.0 Å². The number of carbonyl (C=O) groups is 1. The number of thioether (sulfide) groups is 1. The van der Waals surface area contributed by atoms with Crippen molar-refractivity contribution in [1.29, 1.82) is 0 Å². The Balaban J connectivity index is 2.15. The van der Waals surface area contributed by atoms with Gasteiger partial charge in [0.25, 0.3) is 5.69 Å². The van der Waals surface area contributed by atoms with E-state index >= 15 is 0 Å². The van der Waals surface area contributed by atoms with Crippen LogP contribution in [-0.4, -0.2) is 31.2 Å². The van der Waals surface area contributed by atoms with Crippen LogP contribution >= 0.6 is 23.4 Å². The van der Waals surface area contributed by atoms with Gasteiger partial charge in [-0.3, -0.25) is 14.9 Å². The molecule has 0 atom stereocenters. The number of hydrogen-bond donors (Lipinski definition) is 0. The van der Waals surface area contributed by atoms with E-state index in [0.717, 1.165) is 12.2 Å². The standard InChI is InChI=1S/C14H15ClN4O3S/c1-3-13-16-17-14(18(13)4-2)23-8-12(20)10-7-9(19(21)22)5-6-11(10)15/h5-7H,3-4,8H2,1-2H3. The second-order valence-electron chi connectivity index (χ2n) is 4.63. The van der Waals surface area contributed by atoms with Crippen LogP contribution in [0, 0.1) is 10.1 Å². The third kappa shape index (κ3) is 3.89. The van der Waals surface area contributed by atoms with E-state index in [9.17, 15) is 14.9 Å². The molecule has 0 N–H and O–H groups in total. The van der Waals surface area contributed by atoms with Crippen molar-refractivity contribution in [2.75, 3.05) is 5.75 Å². The minimum atomic E-state index is -0.554. The van der Waals surface area contributed by atoms with Gasteiger partial charge in [-0.25, -0.2) is 0 Å². The quantitative estimate of drug-likeness (QED) is 0.327. The summed E-state index contributed by atoms with van der Waals surface area (Å²) in [5.74, 6) is 0.658. The lowest BCUT2D eigenvalue weighted by Crippen LogP contribution is -2.07. The number of nitrogens with zero attached hydrogens (tertiary/aromatic N) is 4. The second-order valence-corrected chi connectivity index (χ2v) is 5.98. The number of nitro groups is 1. The average Bonchev–Trinajstić information content (AvgIpc) is 2.94. The number of halogens is 1.